The Bertz CT molecular complexity index is 1070. The van der Waals surface area contributed by atoms with E-state index >= 15 is 0 Å². The summed E-state index contributed by atoms with van der Waals surface area (Å²) in [4.78, 5) is 43.5. The number of carbonyl (C=O) groups excluding carboxylic acids is 3. The Morgan fingerprint density at radius 2 is 1.73 bits per heavy atom. The highest BCUT2D eigenvalue weighted by Crippen LogP contribution is 2.31. The number of carbonyl (C=O) groups is 3. The first-order chi connectivity index (χ1) is 17.3. The number of ether oxygens (including phenoxy) is 1. The van der Waals surface area contributed by atoms with Crippen molar-refractivity contribution >= 4 is 30.4 Å². The Labute approximate surface area is 224 Å². The van der Waals surface area contributed by atoms with Crippen LogP contribution in [0.3, 0.4) is 0 Å². The molecule has 2 aliphatic rings. The summed E-state index contributed by atoms with van der Waals surface area (Å²) in [5, 5.41) is 6.09. The number of hydrogen-bond donors (Lipinski definition) is 2. The highest BCUT2D eigenvalue weighted by atomic mass is 35.5. The predicted octanol–water partition coefficient (Wildman–Crippen LogP) is 3.41. The molecule has 2 saturated heterocycles. The van der Waals surface area contributed by atoms with Gasteiger partial charge in [0.1, 0.15) is 11.3 Å². The van der Waals surface area contributed by atoms with Crippen molar-refractivity contribution in [1.82, 2.24) is 25.3 Å². The molecule has 37 heavy (non-hydrogen) atoms. The molecule has 0 aliphatic carbocycles. The molecule has 4 rings (SSSR count). The summed E-state index contributed by atoms with van der Waals surface area (Å²) in [6.07, 6.45) is 1.88. The van der Waals surface area contributed by atoms with Crippen LogP contribution < -0.4 is 15.4 Å². The monoisotopic (exact) mass is 529 g/mol. The molecule has 200 valence electrons. The number of piperidine rings is 1. The lowest BCUT2D eigenvalue weighted by Crippen LogP contribution is -2.55. The Hall–Kier alpha value is -3.30. The zero-order chi connectivity index (χ0) is 25.7. The number of nitrogens with one attached hydrogen (secondary N) is 2. The number of methoxy groups -OCH3 is 1. The molecule has 10 heteroatoms. The summed E-state index contributed by atoms with van der Waals surface area (Å²) >= 11 is 0. The van der Waals surface area contributed by atoms with Gasteiger partial charge in [-0.2, -0.15) is 0 Å². The second-order valence-electron chi connectivity index (χ2n) is 9.69. The van der Waals surface area contributed by atoms with Gasteiger partial charge in [-0.15, -0.1) is 12.4 Å². The third kappa shape index (κ3) is 6.53. The minimum Gasteiger partial charge on any atom is -0.497 e. The van der Waals surface area contributed by atoms with Crippen molar-refractivity contribution in [2.24, 2.45) is 0 Å². The second kappa shape index (κ2) is 12.3. The molecule has 2 heterocycles. The highest BCUT2D eigenvalue weighted by molar-refractivity contribution is 6.07. The van der Waals surface area contributed by atoms with Gasteiger partial charge >= 0.3 is 12.1 Å². The summed E-state index contributed by atoms with van der Waals surface area (Å²) in [7, 11) is 5.06. The van der Waals surface area contributed by atoms with Gasteiger partial charge in [0.2, 0.25) is 0 Å². The molecule has 1 atom stereocenters. The van der Waals surface area contributed by atoms with Crippen LogP contribution >= 0.6 is 12.4 Å². The van der Waals surface area contributed by atoms with Gasteiger partial charge in [-0.25, -0.2) is 9.59 Å². The topological polar surface area (TPSA) is 94.2 Å². The van der Waals surface area contributed by atoms with E-state index in [0.29, 0.717) is 25.9 Å². The number of nitrogens with zero attached hydrogens (tertiary/aromatic N) is 3. The first-order valence-corrected chi connectivity index (χ1v) is 12.3. The fourth-order valence-electron chi connectivity index (χ4n) is 4.83. The van der Waals surface area contributed by atoms with Crippen LogP contribution in [-0.4, -0.2) is 79.0 Å². The van der Waals surface area contributed by atoms with E-state index in [-0.39, 0.29) is 43.0 Å². The first kappa shape index (κ1) is 28.3. The highest BCUT2D eigenvalue weighted by Gasteiger charge is 2.52. The predicted molar refractivity (Wildman–Crippen MR) is 144 cm³/mol. The average molecular weight is 530 g/mol. The number of hydrogen-bond acceptors (Lipinski definition) is 5. The van der Waals surface area contributed by atoms with Crippen molar-refractivity contribution in [3.05, 3.63) is 65.7 Å². The maximum atomic E-state index is 13.3. The van der Waals surface area contributed by atoms with Crippen LogP contribution in [0.4, 0.5) is 9.59 Å². The van der Waals surface area contributed by atoms with Gasteiger partial charge in [0.15, 0.2) is 0 Å². The first-order valence-electron chi connectivity index (χ1n) is 12.3. The summed E-state index contributed by atoms with van der Waals surface area (Å²) in [6, 6.07) is 16.8. The van der Waals surface area contributed by atoms with E-state index in [4.69, 9.17) is 4.74 Å². The van der Waals surface area contributed by atoms with E-state index < -0.39 is 5.54 Å². The van der Waals surface area contributed by atoms with Gasteiger partial charge in [0.25, 0.3) is 5.91 Å². The van der Waals surface area contributed by atoms with E-state index in [1.54, 1.807) is 21.2 Å². The zero-order valence-electron chi connectivity index (χ0n) is 21.6. The molecule has 2 N–H and O–H groups in total. The van der Waals surface area contributed by atoms with Crippen molar-refractivity contribution < 1.29 is 19.1 Å². The molecule has 0 bridgehead atoms. The number of rotatable bonds is 8. The number of urea groups is 2. The standard InChI is InChI=1S/C27H35N5O4.ClH/c1-30(2)25(34)28-23(21-7-5-4-6-8-21)13-16-31-17-14-27(15-18-31)24(33)32(26(35)29-27)19-20-9-11-22(36-3)12-10-20;/h4-12,23H,13-19H2,1-3H3,(H,28,34)(H,29,35);1H/t23-;/m0./s1. The van der Waals surface area contributed by atoms with Gasteiger partial charge in [-0.05, 0) is 42.5 Å². The summed E-state index contributed by atoms with van der Waals surface area (Å²) < 4.78 is 5.18. The van der Waals surface area contributed by atoms with Crippen LogP contribution in [0.1, 0.15) is 36.4 Å². The van der Waals surface area contributed by atoms with Crippen molar-refractivity contribution in [1.29, 1.82) is 0 Å². The van der Waals surface area contributed by atoms with E-state index in [9.17, 15) is 14.4 Å². The summed E-state index contributed by atoms with van der Waals surface area (Å²) in [6.45, 7) is 2.42. The van der Waals surface area contributed by atoms with E-state index in [1.165, 1.54) is 9.80 Å². The second-order valence-corrected chi connectivity index (χ2v) is 9.69. The van der Waals surface area contributed by atoms with Gasteiger partial charge < -0.3 is 25.2 Å². The lowest BCUT2D eigenvalue weighted by Gasteiger charge is -2.38. The largest absolute Gasteiger partial charge is 0.497 e. The van der Waals surface area contributed by atoms with Crippen molar-refractivity contribution in [2.45, 2.75) is 37.4 Å². The molecular weight excluding hydrogens is 494 g/mol. The van der Waals surface area contributed by atoms with Crippen LogP contribution in [0.2, 0.25) is 0 Å². The molecule has 0 radical (unpaired) electrons. The summed E-state index contributed by atoms with van der Waals surface area (Å²) in [5.74, 6) is 0.582. The van der Waals surface area contributed by atoms with Gasteiger partial charge in [0, 0.05) is 33.7 Å². The minimum atomic E-state index is -0.835. The molecular formula is C27H36ClN5O4. The fraction of sp³-hybridized carbons (Fsp3) is 0.444. The molecule has 2 aromatic rings. The number of imide groups is 1. The van der Waals surface area contributed by atoms with Gasteiger partial charge in [-0.3, -0.25) is 9.69 Å². The SMILES string of the molecule is COc1ccc(CN2C(=O)NC3(CCN(CC[C@H](NC(=O)N(C)C)c4ccccc4)CC3)C2=O)cc1.Cl. The van der Waals surface area contributed by atoms with Crippen LogP contribution in [-0.2, 0) is 11.3 Å². The fourth-order valence-corrected chi connectivity index (χ4v) is 4.83. The van der Waals surface area contributed by atoms with E-state index in [2.05, 4.69) is 15.5 Å². The van der Waals surface area contributed by atoms with Crippen LogP contribution in [0.5, 0.6) is 5.75 Å². The van der Waals surface area contributed by atoms with Crippen LogP contribution in [0.25, 0.3) is 0 Å². The lowest BCUT2D eigenvalue weighted by atomic mass is 9.87. The molecule has 0 unspecified atom stereocenters. The Morgan fingerprint density at radius 1 is 1.08 bits per heavy atom. The molecule has 2 fully saturated rings. The van der Waals surface area contributed by atoms with Gasteiger partial charge in [0.05, 0.1) is 19.7 Å². The Kier molecular flexibility index (Phi) is 9.39. The molecule has 0 saturated carbocycles. The minimum absolute atomic E-state index is 0. The number of amides is 5. The maximum absolute atomic E-state index is 13.3. The van der Waals surface area contributed by atoms with E-state index in [0.717, 1.165) is 29.8 Å². The van der Waals surface area contributed by atoms with Crippen molar-refractivity contribution in [3.8, 4) is 5.75 Å². The molecule has 2 aromatic carbocycles. The lowest BCUT2D eigenvalue weighted by molar-refractivity contribution is -0.133. The Morgan fingerprint density at radius 3 is 2.32 bits per heavy atom. The molecule has 9 nitrogen and oxygen atoms in total. The Balaban J connectivity index is 0.00000380. The summed E-state index contributed by atoms with van der Waals surface area (Å²) in [5.41, 5.74) is 1.10. The number of likely N-dealkylation sites (tertiary alicyclic amines) is 1. The molecule has 5 amide bonds. The normalized spacial score (nSPS) is 17.6. The van der Waals surface area contributed by atoms with Crippen molar-refractivity contribution in [3.63, 3.8) is 0 Å². The quantitative estimate of drug-likeness (QED) is 0.511. The zero-order valence-corrected chi connectivity index (χ0v) is 22.4. The van der Waals surface area contributed by atoms with Gasteiger partial charge in [-0.1, -0.05) is 42.5 Å². The number of halogens is 1. The average Bonchev–Trinajstić information content (AvgIpc) is 3.12. The third-order valence-corrected chi connectivity index (χ3v) is 7.10. The smallest absolute Gasteiger partial charge is 0.325 e. The molecule has 1 spiro atoms. The maximum Gasteiger partial charge on any atom is 0.325 e. The van der Waals surface area contributed by atoms with E-state index in [1.807, 2.05) is 54.6 Å². The van der Waals surface area contributed by atoms with Crippen LogP contribution in [0.15, 0.2) is 54.6 Å². The molecule has 2 aliphatic heterocycles. The number of benzene rings is 2. The van der Waals surface area contributed by atoms with Crippen molar-refractivity contribution in [2.75, 3.05) is 40.8 Å². The third-order valence-electron chi connectivity index (χ3n) is 7.10. The molecule has 0 aromatic heterocycles. The van der Waals surface area contributed by atoms with Crippen LogP contribution in [0, 0.1) is 0 Å².